The highest BCUT2D eigenvalue weighted by Crippen LogP contribution is 2.24. The van der Waals surface area contributed by atoms with E-state index in [1.807, 2.05) is 18.2 Å². The summed E-state index contributed by atoms with van der Waals surface area (Å²) < 4.78 is 5.19. The lowest BCUT2D eigenvalue weighted by atomic mass is 10.2. The van der Waals surface area contributed by atoms with Gasteiger partial charge in [-0.3, -0.25) is 14.5 Å². The maximum absolute atomic E-state index is 12.8. The molecule has 0 bridgehead atoms. The summed E-state index contributed by atoms with van der Waals surface area (Å²) in [6.45, 7) is 0.906. The number of aromatic amines is 1. The number of hydrogen-bond acceptors (Lipinski definition) is 4. The van der Waals surface area contributed by atoms with Gasteiger partial charge in [0.05, 0.1) is 19.7 Å². The maximum atomic E-state index is 12.8. The number of hydrogen-bond donors (Lipinski definition) is 2. The minimum absolute atomic E-state index is 0.0349. The summed E-state index contributed by atoms with van der Waals surface area (Å²) in [6.07, 6.45) is 0.596. The molecule has 2 aliphatic heterocycles. The molecular formula is C17H18N4O4. The molecule has 0 saturated carbocycles. The number of rotatable bonds is 3. The van der Waals surface area contributed by atoms with Crippen LogP contribution in [0.1, 0.15) is 16.9 Å². The Balaban J connectivity index is 1.52. The van der Waals surface area contributed by atoms with Gasteiger partial charge in [-0.05, 0) is 24.6 Å². The Bertz CT molecular complexity index is 859. The lowest BCUT2D eigenvalue weighted by molar-refractivity contribution is -0.126. The van der Waals surface area contributed by atoms with E-state index in [-0.39, 0.29) is 30.4 Å². The molecule has 2 aliphatic rings. The van der Waals surface area contributed by atoms with Crippen LogP contribution in [0.3, 0.4) is 0 Å². The van der Waals surface area contributed by atoms with Crippen molar-refractivity contribution in [1.29, 1.82) is 0 Å². The van der Waals surface area contributed by atoms with Crippen molar-refractivity contribution in [2.75, 3.05) is 26.7 Å². The molecule has 4 amide bonds. The van der Waals surface area contributed by atoms with Gasteiger partial charge in [-0.25, -0.2) is 4.79 Å². The van der Waals surface area contributed by atoms with E-state index in [0.717, 1.165) is 10.9 Å². The molecule has 2 aromatic rings. The number of imide groups is 1. The van der Waals surface area contributed by atoms with Gasteiger partial charge in [0.25, 0.3) is 5.91 Å². The van der Waals surface area contributed by atoms with E-state index < -0.39 is 0 Å². The van der Waals surface area contributed by atoms with Crippen LogP contribution in [0, 0.1) is 0 Å². The molecule has 0 aliphatic carbocycles. The quantitative estimate of drug-likeness (QED) is 0.812. The SMILES string of the molecule is COc1ccc2cc(C(=O)N3CC[C@H](N4C(=O)CNC4=O)C3)[nH]c2c1. The molecule has 2 fully saturated rings. The molecule has 25 heavy (non-hydrogen) atoms. The molecule has 1 aromatic heterocycles. The molecule has 0 unspecified atom stereocenters. The van der Waals surface area contributed by atoms with Gasteiger partial charge in [0.2, 0.25) is 5.91 Å². The molecule has 3 heterocycles. The number of nitrogens with zero attached hydrogens (tertiary/aromatic N) is 2. The summed E-state index contributed by atoms with van der Waals surface area (Å²) >= 11 is 0. The van der Waals surface area contributed by atoms with Gasteiger partial charge in [0.15, 0.2) is 0 Å². The second-order valence-electron chi connectivity index (χ2n) is 6.25. The van der Waals surface area contributed by atoms with Crippen LogP contribution in [-0.2, 0) is 4.79 Å². The Labute approximate surface area is 143 Å². The van der Waals surface area contributed by atoms with Gasteiger partial charge in [0.1, 0.15) is 11.4 Å². The number of urea groups is 1. The minimum atomic E-state index is -0.373. The standard InChI is InChI=1S/C17H18N4O4/c1-25-12-3-2-10-6-14(19-13(10)7-12)16(23)20-5-4-11(9-20)21-15(22)8-18-17(21)24/h2-3,6-7,11,19H,4-5,8-9H2,1H3,(H,18,24)/t11-/m0/s1. The van der Waals surface area contributed by atoms with E-state index >= 15 is 0 Å². The van der Waals surface area contributed by atoms with E-state index in [1.165, 1.54) is 4.90 Å². The van der Waals surface area contributed by atoms with Crippen LogP contribution in [0.15, 0.2) is 24.3 Å². The van der Waals surface area contributed by atoms with Crippen LogP contribution in [0.25, 0.3) is 10.9 Å². The van der Waals surface area contributed by atoms with Crippen LogP contribution < -0.4 is 10.1 Å². The molecule has 2 saturated heterocycles. The van der Waals surface area contributed by atoms with Crippen molar-refractivity contribution in [3.8, 4) is 5.75 Å². The highest BCUT2D eigenvalue weighted by molar-refractivity contribution is 6.02. The Morgan fingerprint density at radius 3 is 2.84 bits per heavy atom. The fourth-order valence-corrected chi connectivity index (χ4v) is 3.46. The first kappa shape index (κ1) is 15.5. The van der Waals surface area contributed by atoms with Crippen molar-refractivity contribution in [2.24, 2.45) is 0 Å². The lowest BCUT2D eigenvalue weighted by Crippen LogP contribution is -2.42. The molecular weight excluding hydrogens is 324 g/mol. The van der Waals surface area contributed by atoms with Crippen LogP contribution in [0.4, 0.5) is 4.79 Å². The molecule has 0 radical (unpaired) electrons. The third kappa shape index (κ3) is 2.59. The van der Waals surface area contributed by atoms with Crippen molar-refractivity contribution >= 4 is 28.7 Å². The van der Waals surface area contributed by atoms with Gasteiger partial charge >= 0.3 is 6.03 Å². The summed E-state index contributed by atoms with van der Waals surface area (Å²) in [5.41, 5.74) is 1.31. The summed E-state index contributed by atoms with van der Waals surface area (Å²) in [5, 5.41) is 3.44. The van der Waals surface area contributed by atoms with Crippen LogP contribution in [0.5, 0.6) is 5.75 Å². The first-order chi connectivity index (χ1) is 12.1. The first-order valence-corrected chi connectivity index (χ1v) is 8.13. The van der Waals surface area contributed by atoms with Crippen molar-refractivity contribution < 1.29 is 19.1 Å². The molecule has 8 heteroatoms. The third-order valence-electron chi connectivity index (χ3n) is 4.75. The first-order valence-electron chi connectivity index (χ1n) is 8.13. The normalized spacial score (nSPS) is 20.4. The predicted octanol–water partition coefficient (Wildman–Crippen LogP) is 0.943. The average molecular weight is 342 g/mol. The molecule has 1 aromatic carbocycles. The number of benzene rings is 1. The second kappa shape index (κ2) is 5.80. The summed E-state index contributed by atoms with van der Waals surface area (Å²) in [5.74, 6) is 0.347. The Morgan fingerprint density at radius 2 is 2.12 bits per heavy atom. The van der Waals surface area contributed by atoms with Gasteiger partial charge in [-0.15, -0.1) is 0 Å². The monoisotopic (exact) mass is 342 g/mol. The number of aromatic nitrogens is 1. The largest absolute Gasteiger partial charge is 0.497 e. The summed E-state index contributed by atoms with van der Waals surface area (Å²) in [7, 11) is 1.59. The van der Waals surface area contributed by atoms with Crippen LogP contribution >= 0.6 is 0 Å². The number of carbonyl (C=O) groups is 3. The van der Waals surface area contributed by atoms with E-state index in [0.29, 0.717) is 31.0 Å². The van der Waals surface area contributed by atoms with E-state index in [1.54, 1.807) is 18.1 Å². The Kier molecular flexibility index (Phi) is 3.60. The average Bonchev–Trinajstić information content (AvgIpc) is 3.32. The highest BCUT2D eigenvalue weighted by atomic mass is 16.5. The smallest absolute Gasteiger partial charge is 0.324 e. The van der Waals surface area contributed by atoms with Crippen LogP contribution in [0.2, 0.25) is 0 Å². The minimum Gasteiger partial charge on any atom is -0.497 e. The van der Waals surface area contributed by atoms with Gasteiger partial charge in [-0.1, -0.05) is 0 Å². The number of amides is 4. The third-order valence-corrected chi connectivity index (χ3v) is 4.75. The zero-order valence-electron chi connectivity index (χ0n) is 13.7. The van der Waals surface area contributed by atoms with E-state index in [9.17, 15) is 14.4 Å². The number of H-pyrrole nitrogens is 1. The number of methoxy groups -OCH3 is 1. The topological polar surface area (TPSA) is 94.7 Å². The maximum Gasteiger partial charge on any atom is 0.324 e. The molecule has 8 nitrogen and oxygen atoms in total. The second-order valence-corrected chi connectivity index (χ2v) is 6.25. The summed E-state index contributed by atoms with van der Waals surface area (Å²) in [6, 6.07) is 6.74. The van der Waals surface area contributed by atoms with Crippen molar-refractivity contribution in [1.82, 2.24) is 20.1 Å². The number of nitrogens with one attached hydrogen (secondary N) is 2. The number of ether oxygens (including phenoxy) is 1. The lowest BCUT2D eigenvalue weighted by Gasteiger charge is -2.21. The number of fused-ring (bicyclic) bond motifs is 1. The zero-order chi connectivity index (χ0) is 17.6. The molecule has 1 atom stereocenters. The highest BCUT2D eigenvalue weighted by Gasteiger charge is 2.39. The molecule has 4 rings (SSSR count). The van der Waals surface area contributed by atoms with E-state index in [2.05, 4.69) is 10.3 Å². The van der Waals surface area contributed by atoms with E-state index in [4.69, 9.17) is 4.74 Å². The van der Waals surface area contributed by atoms with Crippen molar-refractivity contribution in [3.63, 3.8) is 0 Å². The summed E-state index contributed by atoms with van der Waals surface area (Å²) in [4.78, 5) is 42.4. The van der Waals surface area contributed by atoms with Gasteiger partial charge in [0, 0.05) is 30.1 Å². The molecule has 130 valence electrons. The van der Waals surface area contributed by atoms with Crippen molar-refractivity contribution in [3.05, 3.63) is 30.0 Å². The molecule has 0 spiro atoms. The predicted molar refractivity (Wildman–Crippen MR) is 89.4 cm³/mol. The fourth-order valence-electron chi connectivity index (χ4n) is 3.46. The zero-order valence-corrected chi connectivity index (χ0v) is 13.7. The number of likely N-dealkylation sites (tertiary alicyclic amines) is 1. The van der Waals surface area contributed by atoms with Gasteiger partial charge < -0.3 is 19.9 Å². The van der Waals surface area contributed by atoms with Gasteiger partial charge in [-0.2, -0.15) is 0 Å². The van der Waals surface area contributed by atoms with Crippen LogP contribution in [-0.4, -0.2) is 65.4 Å². The Morgan fingerprint density at radius 1 is 1.28 bits per heavy atom. The number of carbonyl (C=O) groups excluding carboxylic acids is 3. The van der Waals surface area contributed by atoms with Crippen molar-refractivity contribution in [2.45, 2.75) is 12.5 Å². The Hall–Kier alpha value is -3.03. The fraction of sp³-hybridized carbons (Fsp3) is 0.353. The molecule has 2 N–H and O–H groups in total.